The molecule has 2 rings (SSSR count). The summed E-state index contributed by atoms with van der Waals surface area (Å²) in [6, 6.07) is 8.52. The second-order valence-corrected chi connectivity index (χ2v) is 4.97. The van der Waals surface area contributed by atoms with Crippen LogP contribution in [0.5, 0.6) is 0 Å². The van der Waals surface area contributed by atoms with Gasteiger partial charge in [0.15, 0.2) is 0 Å². The molecule has 0 saturated carbocycles. The van der Waals surface area contributed by atoms with Crippen molar-refractivity contribution >= 4 is 6.08 Å². The highest BCUT2D eigenvalue weighted by Gasteiger charge is 2.11. The van der Waals surface area contributed by atoms with Crippen molar-refractivity contribution in [3.8, 4) is 0 Å². The Hall–Kier alpha value is -1.87. The highest BCUT2D eigenvalue weighted by Crippen LogP contribution is 2.11. The van der Waals surface area contributed by atoms with Crippen LogP contribution in [0, 0.1) is 0 Å². The number of nitrogens with zero attached hydrogens (tertiary/aromatic N) is 2. The lowest BCUT2D eigenvalue weighted by Gasteiger charge is -2.27. The molecule has 3 heteroatoms. The zero-order valence-electron chi connectivity index (χ0n) is 12.2. The predicted molar refractivity (Wildman–Crippen MR) is 82.1 cm³/mol. The average Bonchev–Trinajstić information content (AvgIpc) is 3.00. The van der Waals surface area contributed by atoms with E-state index >= 15 is 0 Å². The van der Waals surface area contributed by atoms with E-state index in [1.54, 1.807) is 6.26 Å². The molecule has 3 nitrogen and oxygen atoms in total. The summed E-state index contributed by atoms with van der Waals surface area (Å²) in [5.74, 6) is 0.899. The fourth-order valence-electron chi connectivity index (χ4n) is 2.08. The molecule has 2 aromatic rings. The first kappa shape index (κ1) is 14.5. The molecular formula is C17H22N2O. The van der Waals surface area contributed by atoms with Crippen LogP contribution in [0.25, 0.3) is 6.08 Å². The lowest BCUT2D eigenvalue weighted by molar-refractivity contribution is 0.217. The van der Waals surface area contributed by atoms with Gasteiger partial charge in [0, 0.05) is 31.5 Å². The Morgan fingerprint density at radius 3 is 2.90 bits per heavy atom. The Kier molecular flexibility index (Phi) is 5.56. The first-order valence-corrected chi connectivity index (χ1v) is 7.12. The molecule has 2 aromatic heterocycles. The van der Waals surface area contributed by atoms with Gasteiger partial charge in [-0.1, -0.05) is 19.1 Å². The summed E-state index contributed by atoms with van der Waals surface area (Å²) in [7, 11) is 0. The van der Waals surface area contributed by atoms with Gasteiger partial charge >= 0.3 is 0 Å². The molecule has 0 bridgehead atoms. The van der Waals surface area contributed by atoms with Crippen molar-refractivity contribution in [2.24, 2.45) is 0 Å². The van der Waals surface area contributed by atoms with Crippen LogP contribution in [-0.2, 0) is 6.54 Å². The molecule has 0 amide bonds. The van der Waals surface area contributed by atoms with Gasteiger partial charge in [0.25, 0.3) is 0 Å². The van der Waals surface area contributed by atoms with Crippen LogP contribution in [0.1, 0.15) is 31.6 Å². The van der Waals surface area contributed by atoms with Gasteiger partial charge in [-0.05, 0) is 43.2 Å². The van der Waals surface area contributed by atoms with E-state index in [4.69, 9.17) is 4.42 Å². The van der Waals surface area contributed by atoms with Crippen molar-refractivity contribution in [2.75, 3.05) is 6.54 Å². The van der Waals surface area contributed by atoms with E-state index in [-0.39, 0.29) is 0 Å². The molecule has 0 radical (unpaired) electrons. The number of aromatic nitrogens is 1. The molecule has 20 heavy (non-hydrogen) atoms. The number of pyridine rings is 1. The first-order chi connectivity index (χ1) is 9.79. The molecular weight excluding hydrogens is 248 g/mol. The summed E-state index contributed by atoms with van der Waals surface area (Å²) in [5, 5.41) is 0. The van der Waals surface area contributed by atoms with Gasteiger partial charge < -0.3 is 4.42 Å². The number of hydrogen-bond donors (Lipinski definition) is 0. The lowest BCUT2D eigenvalue weighted by Crippen LogP contribution is -2.32. The molecule has 1 atom stereocenters. The third kappa shape index (κ3) is 4.35. The zero-order chi connectivity index (χ0) is 14.2. The maximum atomic E-state index is 5.31. The summed E-state index contributed by atoms with van der Waals surface area (Å²) < 4.78 is 5.31. The molecule has 0 saturated heterocycles. The van der Waals surface area contributed by atoms with Crippen molar-refractivity contribution in [2.45, 2.75) is 32.9 Å². The van der Waals surface area contributed by atoms with Crippen LogP contribution in [0.3, 0.4) is 0 Å². The summed E-state index contributed by atoms with van der Waals surface area (Å²) in [4.78, 5) is 6.63. The minimum Gasteiger partial charge on any atom is -0.465 e. The second kappa shape index (κ2) is 7.65. The Balaban J connectivity index is 1.97. The fourth-order valence-corrected chi connectivity index (χ4v) is 2.08. The van der Waals surface area contributed by atoms with Crippen LogP contribution < -0.4 is 0 Å². The molecule has 0 aliphatic carbocycles. The van der Waals surface area contributed by atoms with Crippen LogP contribution in [0.2, 0.25) is 0 Å². The van der Waals surface area contributed by atoms with Gasteiger partial charge in [0.1, 0.15) is 5.76 Å². The topological polar surface area (TPSA) is 29.3 Å². The smallest absolute Gasteiger partial charge is 0.126 e. The maximum Gasteiger partial charge on any atom is 0.126 e. The van der Waals surface area contributed by atoms with Crippen molar-refractivity contribution in [3.63, 3.8) is 0 Å². The van der Waals surface area contributed by atoms with E-state index in [0.29, 0.717) is 6.04 Å². The Bertz CT molecular complexity index is 505. The normalized spacial score (nSPS) is 13.2. The van der Waals surface area contributed by atoms with Gasteiger partial charge in [-0.25, -0.2) is 0 Å². The third-order valence-electron chi connectivity index (χ3n) is 3.49. The van der Waals surface area contributed by atoms with Crippen molar-refractivity contribution in [1.29, 1.82) is 0 Å². The zero-order valence-corrected chi connectivity index (χ0v) is 12.2. The molecule has 0 spiro atoms. The van der Waals surface area contributed by atoms with E-state index < -0.39 is 0 Å². The molecule has 0 aliphatic heterocycles. The van der Waals surface area contributed by atoms with E-state index in [9.17, 15) is 0 Å². The van der Waals surface area contributed by atoms with E-state index in [2.05, 4.69) is 35.9 Å². The summed E-state index contributed by atoms with van der Waals surface area (Å²) in [6.07, 6.45) is 10.8. The van der Waals surface area contributed by atoms with Gasteiger partial charge in [-0.3, -0.25) is 9.88 Å². The Morgan fingerprint density at radius 1 is 1.35 bits per heavy atom. The molecule has 0 aromatic carbocycles. The van der Waals surface area contributed by atoms with Crippen molar-refractivity contribution in [3.05, 3.63) is 60.3 Å². The van der Waals surface area contributed by atoms with Gasteiger partial charge in [0.05, 0.1) is 6.26 Å². The SMILES string of the molecule is CCC(C)N(C/C=C/c1ccco1)Cc1cccnc1. The van der Waals surface area contributed by atoms with E-state index in [0.717, 1.165) is 25.3 Å². The molecule has 0 N–H and O–H groups in total. The van der Waals surface area contributed by atoms with Crippen LogP contribution in [0.15, 0.2) is 53.4 Å². The standard InChI is InChI=1S/C17H22N2O/c1-3-15(2)19(14-16-7-4-10-18-13-16)11-5-8-17-9-6-12-20-17/h4-10,12-13,15H,3,11,14H2,1-2H3/b8-5+. The average molecular weight is 270 g/mol. The third-order valence-corrected chi connectivity index (χ3v) is 3.49. The van der Waals surface area contributed by atoms with Gasteiger partial charge in [-0.2, -0.15) is 0 Å². The second-order valence-electron chi connectivity index (χ2n) is 4.97. The maximum absolute atomic E-state index is 5.31. The summed E-state index contributed by atoms with van der Waals surface area (Å²) >= 11 is 0. The van der Waals surface area contributed by atoms with Gasteiger partial charge in [-0.15, -0.1) is 0 Å². The lowest BCUT2D eigenvalue weighted by atomic mass is 10.2. The highest BCUT2D eigenvalue weighted by atomic mass is 16.3. The molecule has 0 aliphatic rings. The van der Waals surface area contributed by atoms with Crippen molar-refractivity contribution in [1.82, 2.24) is 9.88 Å². The van der Waals surface area contributed by atoms with Crippen LogP contribution in [-0.4, -0.2) is 22.5 Å². The predicted octanol–water partition coefficient (Wildman–Crippen LogP) is 3.99. The largest absolute Gasteiger partial charge is 0.465 e. The minimum atomic E-state index is 0.538. The quantitative estimate of drug-likeness (QED) is 0.762. The number of rotatable bonds is 7. The summed E-state index contributed by atoms with van der Waals surface area (Å²) in [5.41, 5.74) is 1.25. The number of hydrogen-bond acceptors (Lipinski definition) is 3. The fraction of sp³-hybridized carbons (Fsp3) is 0.353. The Morgan fingerprint density at radius 2 is 2.25 bits per heavy atom. The Labute approximate surface area is 120 Å². The molecule has 106 valence electrons. The van der Waals surface area contributed by atoms with Crippen LogP contribution in [0.4, 0.5) is 0 Å². The molecule has 0 fully saturated rings. The van der Waals surface area contributed by atoms with E-state index in [1.807, 2.05) is 36.7 Å². The van der Waals surface area contributed by atoms with E-state index in [1.165, 1.54) is 5.56 Å². The molecule has 2 heterocycles. The van der Waals surface area contributed by atoms with Gasteiger partial charge in [0.2, 0.25) is 0 Å². The van der Waals surface area contributed by atoms with Crippen molar-refractivity contribution < 1.29 is 4.42 Å². The summed E-state index contributed by atoms with van der Waals surface area (Å²) in [6.45, 7) is 6.31. The minimum absolute atomic E-state index is 0.538. The monoisotopic (exact) mass is 270 g/mol. The molecule has 1 unspecified atom stereocenters. The van der Waals surface area contributed by atoms with Crippen LogP contribution >= 0.6 is 0 Å². The number of furan rings is 1. The highest BCUT2D eigenvalue weighted by molar-refractivity contribution is 5.42. The first-order valence-electron chi connectivity index (χ1n) is 7.12.